The van der Waals surface area contributed by atoms with Gasteiger partial charge in [-0.2, -0.15) is 0 Å². The van der Waals surface area contributed by atoms with Gasteiger partial charge in [-0.15, -0.1) is 0 Å². The molecule has 13 rings (SSSR count). The highest BCUT2D eigenvalue weighted by Gasteiger charge is 2.46. The Kier molecular flexibility index (Phi) is 10.8. The molecule has 0 heterocycles. The Morgan fingerprint density at radius 1 is 0.236 bits per heavy atom. The number of hydrogen-bond donors (Lipinski definition) is 0. The molecule has 1 heteroatoms. The zero-order chi connectivity index (χ0) is 47.8. The van der Waals surface area contributed by atoms with Crippen LogP contribution in [-0.4, -0.2) is 0 Å². The lowest BCUT2D eigenvalue weighted by Gasteiger charge is -2.34. The Morgan fingerprint density at radius 2 is 0.639 bits per heavy atom. The zero-order valence-electron chi connectivity index (χ0n) is 39.7. The largest absolute Gasteiger partial charge is 0.310 e. The minimum atomic E-state index is -0.463. The van der Waals surface area contributed by atoms with E-state index in [0.717, 1.165) is 28.2 Å². The van der Waals surface area contributed by atoms with Crippen molar-refractivity contribution in [1.82, 2.24) is 0 Å². The number of nitrogens with zero attached hydrogens (tertiary/aromatic N) is 1. The molecule has 0 radical (unpaired) electrons. The van der Waals surface area contributed by atoms with Crippen molar-refractivity contribution in [2.75, 3.05) is 4.90 Å². The minimum Gasteiger partial charge on any atom is -0.310 e. The summed E-state index contributed by atoms with van der Waals surface area (Å²) in [6.45, 7) is 0. The summed E-state index contributed by atoms with van der Waals surface area (Å²) in [5.74, 6) is 0. The Morgan fingerprint density at radius 3 is 1.28 bits per heavy atom. The normalized spacial score (nSPS) is 12.3. The SMILES string of the molecule is c1ccc(-c2ccc(-c3cccc(N(c4ccc(-c5cccc6c5-c5ccccc5C6(c5ccccc5)c5ccccc5)cc4)c4cccc(-c5ccc(-c6cccc7ccccc67)cc5)c4)c3)cc2)cc1. The monoisotopic (exact) mass is 915 g/mol. The molecule has 0 aromatic heterocycles. The van der Waals surface area contributed by atoms with Gasteiger partial charge in [-0.3, -0.25) is 0 Å². The predicted molar refractivity (Wildman–Crippen MR) is 303 cm³/mol. The van der Waals surface area contributed by atoms with Gasteiger partial charge in [0, 0.05) is 17.1 Å². The summed E-state index contributed by atoms with van der Waals surface area (Å²) >= 11 is 0. The summed E-state index contributed by atoms with van der Waals surface area (Å²) in [5, 5.41) is 2.51. The molecule has 12 aromatic rings. The van der Waals surface area contributed by atoms with Gasteiger partial charge in [0.15, 0.2) is 0 Å². The minimum absolute atomic E-state index is 0.463. The van der Waals surface area contributed by atoms with Crippen LogP contribution in [0.2, 0.25) is 0 Å². The van der Waals surface area contributed by atoms with Crippen LogP contribution in [0.1, 0.15) is 22.3 Å². The number of benzene rings is 12. The molecular formula is C71H49N. The Labute approximate surface area is 422 Å². The van der Waals surface area contributed by atoms with Crippen LogP contribution in [-0.2, 0) is 5.41 Å². The molecule has 72 heavy (non-hydrogen) atoms. The lowest BCUT2D eigenvalue weighted by atomic mass is 9.67. The van der Waals surface area contributed by atoms with Crippen LogP contribution in [0.25, 0.3) is 77.5 Å². The van der Waals surface area contributed by atoms with Gasteiger partial charge in [-0.25, -0.2) is 0 Å². The smallest absolute Gasteiger partial charge is 0.0713 e. The number of rotatable bonds is 10. The van der Waals surface area contributed by atoms with Crippen LogP contribution >= 0.6 is 0 Å². The van der Waals surface area contributed by atoms with Crippen molar-refractivity contribution in [2.45, 2.75) is 5.41 Å². The van der Waals surface area contributed by atoms with Crippen LogP contribution in [0.15, 0.2) is 297 Å². The van der Waals surface area contributed by atoms with Crippen LogP contribution < -0.4 is 4.90 Å². The first-order valence-corrected chi connectivity index (χ1v) is 24.9. The van der Waals surface area contributed by atoms with E-state index in [4.69, 9.17) is 0 Å². The molecule has 0 N–H and O–H groups in total. The highest BCUT2D eigenvalue weighted by molar-refractivity contribution is 5.98. The third kappa shape index (κ3) is 7.42. The van der Waals surface area contributed by atoms with Crippen molar-refractivity contribution in [2.24, 2.45) is 0 Å². The van der Waals surface area contributed by atoms with Gasteiger partial charge in [-0.05, 0) is 136 Å². The Hall–Kier alpha value is -9.30. The molecule has 0 fully saturated rings. The van der Waals surface area contributed by atoms with Crippen molar-refractivity contribution in [1.29, 1.82) is 0 Å². The van der Waals surface area contributed by atoms with Crippen LogP contribution in [0.5, 0.6) is 0 Å². The lowest BCUT2D eigenvalue weighted by Crippen LogP contribution is -2.28. The van der Waals surface area contributed by atoms with E-state index in [1.54, 1.807) is 0 Å². The quantitative estimate of drug-likeness (QED) is 0.132. The molecule has 1 nitrogen and oxygen atoms in total. The van der Waals surface area contributed by atoms with E-state index in [9.17, 15) is 0 Å². The number of anilines is 3. The van der Waals surface area contributed by atoms with E-state index in [1.807, 2.05) is 0 Å². The molecule has 12 aromatic carbocycles. The van der Waals surface area contributed by atoms with Gasteiger partial charge in [0.1, 0.15) is 0 Å². The second-order valence-electron chi connectivity index (χ2n) is 18.8. The van der Waals surface area contributed by atoms with Gasteiger partial charge >= 0.3 is 0 Å². The van der Waals surface area contributed by atoms with Gasteiger partial charge in [0.05, 0.1) is 5.41 Å². The Bertz CT molecular complexity index is 3830. The van der Waals surface area contributed by atoms with Crippen LogP contribution in [0, 0.1) is 0 Å². The summed E-state index contributed by atoms with van der Waals surface area (Å²) in [6.07, 6.45) is 0. The maximum Gasteiger partial charge on any atom is 0.0713 e. The van der Waals surface area contributed by atoms with E-state index in [2.05, 4.69) is 302 Å². The van der Waals surface area contributed by atoms with Crippen molar-refractivity contribution in [3.05, 3.63) is 320 Å². The van der Waals surface area contributed by atoms with Crippen molar-refractivity contribution in [3.8, 4) is 66.8 Å². The van der Waals surface area contributed by atoms with Gasteiger partial charge in [0.25, 0.3) is 0 Å². The molecule has 0 saturated heterocycles. The fraction of sp³-hybridized carbons (Fsp3) is 0.0141. The summed E-state index contributed by atoms with van der Waals surface area (Å²) in [5.41, 5.74) is 22.4. The highest BCUT2D eigenvalue weighted by atomic mass is 15.1. The second-order valence-corrected chi connectivity index (χ2v) is 18.8. The molecule has 0 unspecified atom stereocenters. The average Bonchev–Trinajstić information content (AvgIpc) is 3.78. The Balaban J connectivity index is 0.915. The van der Waals surface area contributed by atoms with E-state index in [1.165, 1.54) is 88.7 Å². The maximum atomic E-state index is 2.40. The molecule has 0 saturated carbocycles. The third-order valence-electron chi connectivity index (χ3n) is 14.8. The molecule has 0 aliphatic heterocycles. The first-order chi connectivity index (χ1) is 35.7. The average molecular weight is 916 g/mol. The fourth-order valence-corrected chi connectivity index (χ4v) is 11.4. The van der Waals surface area contributed by atoms with Crippen molar-refractivity contribution >= 4 is 27.8 Å². The molecule has 0 atom stereocenters. The van der Waals surface area contributed by atoms with Crippen molar-refractivity contribution in [3.63, 3.8) is 0 Å². The van der Waals surface area contributed by atoms with Gasteiger partial charge < -0.3 is 4.90 Å². The number of hydrogen-bond acceptors (Lipinski definition) is 1. The van der Waals surface area contributed by atoms with Gasteiger partial charge in [-0.1, -0.05) is 261 Å². The topological polar surface area (TPSA) is 3.24 Å². The molecular weight excluding hydrogens is 867 g/mol. The van der Waals surface area contributed by atoms with E-state index in [0.29, 0.717) is 0 Å². The van der Waals surface area contributed by atoms with E-state index < -0.39 is 5.41 Å². The number of fused-ring (bicyclic) bond motifs is 4. The lowest BCUT2D eigenvalue weighted by molar-refractivity contribution is 0.768. The second kappa shape index (κ2) is 18.2. The molecule has 338 valence electrons. The predicted octanol–water partition coefficient (Wildman–Crippen LogP) is 19.0. The molecule has 0 amide bonds. The fourth-order valence-electron chi connectivity index (χ4n) is 11.4. The maximum absolute atomic E-state index is 2.40. The summed E-state index contributed by atoms with van der Waals surface area (Å²) < 4.78 is 0. The molecule has 0 spiro atoms. The van der Waals surface area contributed by atoms with Crippen molar-refractivity contribution < 1.29 is 0 Å². The standard InChI is InChI=1S/C71H49N/c1-4-18-50(19-5-1)51-36-38-52(39-37-51)57-22-14-28-62(48-57)72(63-29-15-23-58(49-63)53-40-42-55(43-41-53)65-32-16-21-54-20-10-11-30-64(54)65)61-46-44-56(45-47-61)66-33-17-35-69-70(66)67-31-12-13-34-68(67)71(69,59-24-6-2-7-25-59)60-26-8-3-9-27-60/h1-49H. The summed E-state index contributed by atoms with van der Waals surface area (Å²) in [6, 6.07) is 109. The van der Waals surface area contributed by atoms with Crippen LogP contribution in [0.3, 0.4) is 0 Å². The van der Waals surface area contributed by atoms with E-state index in [-0.39, 0.29) is 0 Å². The van der Waals surface area contributed by atoms with Crippen LogP contribution in [0.4, 0.5) is 17.1 Å². The third-order valence-corrected chi connectivity index (χ3v) is 14.8. The molecule has 1 aliphatic carbocycles. The first-order valence-electron chi connectivity index (χ1n) is 24.9. The zero-order valence-corrected chi connectivity index (χ0v) is 39.7. The molecule has 0 bridgehead atoms. The molecule has 1 aliphatic rings. The summed E-state index contributed by atoms with van der Waals surface area (Å²) in [4.78, 5) is 2.40. The van der Waals surface area contributed by atoms with Gasteiger partial charge in [0.2, 0.25) is 0 Å². The first kappa shape index (κ1) is 42.8. The summed E-state index contributed by atoms with van der Waals surface area (Å²) in [7, 11) is 0. The highest BCUT2D eigenvalue weighted by Crippen LogP contribution is 2.58. The van der Waals surface area contributed by atoms with E-state index >= 15 is 0 Å².